The van der Waals surface area contributed by atoms with E-state index in [1.807, 2.05) is 0 Å². The fraction of sp³-hybridized carbons (Fsp3) is 0.647. The molecule has 0 amide bonds. The molecule has 0 aromatic heterocycles. The summed E-state index contributed by atoms with van der Waals surface area (Å²) in [5.41, 5.74) is 1.52. The van der Waals surface area contributed by atoms with Crippen LogP contribution < -0.4 is 0 Å². The second kappa shape index (κ2) is 5.88. The molecule has 0 N–H and O–H groups in total. The Bertz CT molecular complexity index is 355. The molecule has 18 heavy (non-hydrogen) atoms. The van der Waals surface area contributed by atoms with Crippen molar-refractivity contribution >= 4 is 0 Å². The van der Waals surface area contributed by atoms with Crippen LogP contribution in [0.1, 0.15) is 44.1 Å². The average Bonchev–Trinajstić information content (AvgIpc) is 3.22. The van der Waals surface area contributed by atoms with Crippen molar-refractivity contribution in [2.75, 3.05) is 13.1 Å². The Morgan fingerprint density at radius 2 is 1.78 bits per heavy atom. The highest BCUT2D eigenvalue weighted by Crippen LogP contribution is 2.32. The van der Waals surface area contributed by atoms with Crippen molar-refractivity contribution < 1.29 is 0 Å². The Labute approximate surface area is 111 Å². The van der Waals surface area contributed by atoms with Gasteiger partial charge in [0.15, 0.2) is 0 Å². The SMILES string of the molecule is c1ccc(CC2CCCCCN2CC2CC2)cc1. The van der Waals surface area contributed by atoms with Crippen LogP contribution in [0, 0.1) is 5.92 Å². The molecular weight excluding hydrogens is 218 g/mol. The molecule has 0 radical (unpaired) electrons. The van der Waals surface area contributed by atoms with E-state index in [1.165, 1.54) is 63.6 Å². The standard InChI is InChI=1S/C17H25N/c1-3-7-15(8-4-1)13-17-9-5-2-6-12-18(17)14-16-10-11-16/h1,3-4,7-8,16-17H,2,5-6,9-14H2. The lowest BCUT2D eigenvalue weighted by Gasteiger charge is -2.30. The Morgan fingerprint density at radius 3 is 2.56 bits per heavy atom. The van der Waals surface area contributed by atoms with Gasteiger partial charge < -0.3 is 0 Å². The second-order valence-electron chi connectivity index (χ2n) is 6.13. The molecule has 1 aliphatic carbocycles. The van der Waals surface area contributed by atoms with Crippen LogP contribution in [0.5, 0.6) is 0 Å². The van der Waals surface area contributed by atoms with E-state index in [1.54, 1.807) is 0 Å². The van der Waals surface area contributed by atoms with Gasteiger partial charge in [0.05, 0.1) is 0 Å². The number of nitrogens with zero attached hydrogens (tertiary/aromatic N) is 1. The number of hydrogen-bond acceptors (Lipinski definition) is 1. The maximum absolute atomic E-state index is 2.80. The predicted molar refractivity (Wildman–Crippen MR) is 76.7 cm³/mol. The third-order valence-electron chi connectivity index (χ3n) is 4.50. The highest BCUT2D eigenvalue weighted by atomic mass is 15.2. The van der Waals surface area contributed by atoms with Gasteiger partial charge in [-0.05, 0) is 50.1 Å². The molecule has 0 bridgehead atoms. The normalized spacial score (nSPS) is 25.9. The van der Waals surface area contributed by atoms with E-state index in [0.29, 0.717) is 0 Å². The molecule has 0 spiro atoms. The van der Waals surface area contributed by atoms with E-state index in [4.69, 9.17) is 0 Å². The van der Waals surface area contributed by atoms with Gasteiger partial charge >= 0.3 is 0 Å². The summed E-state index contributed by atoms with van der Waals surface area (Å²) in [6.45, 7) is 2.71. The molecule has 2 fully saturated rings. The zero-order valence-electron chi connectivity index (χ0n) is 11.4. The molecule has 1 saturated heterocycles. The van der Waals surface area contributed by atoms with E-state index >= 15 is 0 Å². The van der Waals surface area contributed by atoms with Gasteiger partial charge in [-0.25, -0.2) is 0 Å². The van der Waals surface area contributed by atoms with Crippen LogP contribution in [-0.4, -0.2) is 24.0 Å². The van der Waals surface area contributed by atoms with Crippen molar-refractivity contribution in [1.82, 2.24) is 4.90 Å². The first-order valence-corrected chi connectivity index (χ1v) is 7.70. The molecule has 1 atom stereocenters. The van der Waals surface area contributed by atoms with E-state index in [9.17, 15) is 0 Å². The summed E-state index contributed by atoms with van der Waals surface area (Å²) in [5, 5.41) is 0. The fourth-order valence-electron chi connectivity index (χ4n) is 3.23. The Hall–Kier alpha value is -0.820. The maximum Gasteiger partial charge on any atom is 0.0136 e. The number of rotatable bonds is 4. The molecule has 3 rings (SSSR count). The number of likely N-dealkylation sites (tertiary alicyclic amines) is 1. The minimum absolute atomic E-state index is 0.801. The van der Waals surface area contributed by atoms with E-state index < -0.39 is 0 Å². The largest absolute Gasteiger partial charge is 0.300 e. The van der Waals surface area contributed by atoms with Crippen LogP contribution in [0.15, 0.2) is 30.3 Å². The van der Waals surface area contributed by atoms with E-state index in [2.05, 4.69) is 35.2 Å². The maximum atomic E-state index is 2.80. The van der Waals surface area contributed by atoms with Gasteiger partial charge in [0, 0.05) is 12.6 Å². The summed E-state index contributed by atoms with van der Waals surface area (Å²) in [6, 6.07) is 11.9. The topological polar surface area (TPSA) is 3.24 Å². The molecule has 1 unspecified atom stereocenters. The molecule has 1 aromatic carbocycles. The highest BCUT2D eigenvalue weighted by Gasteiger charge is 2.28. The minimum atomic E-state index is 0.801. The van der Waals surface area contributed by atoms with Crippen LogP contribution in [0.4, 0.5) is 0 Å². The zero-order valence-corrected chi connectivity index (χ0v) is 11.4. The van der Waals surface area contributed by atoms with Crippen molar-refractivity contribution in [3.63, 3.8) is 0 Å². The van der Waals surface area contributed by atoms with Gasteiger partial charge in [0.25, 0.3) is 0 Å². The van der Waals surface area contributed by atoms with Gasteiger partial charge in [-0.1, -0.05) is 43.2 Å². The van der Waals surface area contributed by atoms with E-state index in [0.717, 1.165) is 12.0 Å². The van der Waals surface area contributed by atoms with Gasteiger partial charge in [-0.2, -0.15) is 0 Å². The second-order valence-corrected chi connectivity index (χ2v) is 6.13. The molecule has 1 nitrogen and oxygen atoms in total. The summed E-state index contributed by atoms with van der Waals surface area (Å²) in [7, 11) is 0. The van der Waals surface area contributed by atoms with Crippen molar-refractivity contribution in [2.45, 2.75) is 51.0 Å². The summed E-state index contributed by atoms with van der Waals surface area (Å²) >= 11 is 0. The minimum Gasteiger partial charge on any atom is -0.300 e. The molecule has 2 aliphatic rings. The average molecular weight is 243 g/mol. The highest BCUT2D eigenvalue weighted by molar-refractivity contribution is 5.16. The molecule has 1 aromatic rings. The summed E-state index contributed by atoms with van der Waals surface area (Å²) in [4.78, 5) is 2.80. The summed E-state index contributed by atoms with van der Waals surface area (Å²) in [6.07, 6.45) is 9.90. The van der Waals surface area contributed by atoms with Crippen molar-refractivity contribution in [2.24, 2.45) is 5.92 Å². The first-order chi connectivity index (χ1) is 8.92. The fourth-order valence-corrected chi connectivity index (χ4v) is 3.23. The van der Waals surface area contributed by atoms with Crippen molar-refractivity contribution in [3.8, 4) is 0 Å². The quantitative estimate of drug-likeness (QED) is 0.775. The summed E-state index contributed by atoms with van der Waals surface area (Å²) in [5.74, 6) is 1.03. The third-order valence-corrected chi connectivity index (χ3v) is 4.50. The number of hydrogen-bond donors (Lipinski definition) is 0. The predicted octanol–water partition coefficient (Wildman–Crippen LogP) is 3.88. The van der Waals surface area contributed by atoms with Crippen LogP contribution in [0.3, 0.4) is 0 Å². The van der Waals surface area contributed by atoms with Crippen LogP contribution in [-0.2, 0) is 6.42 Å². The third kappa shape index (κ3) is 3.35. The van der Waals surface area contributed by atoms with Gasteiger partial charge in [0.1, 0.15) is 0 Å². The zero-order chi connectivity index (χ0) is 12.2. The van der Waals surface area contributed by atoms with Gasteiger partial charge in [0.2, 0.25) is 0 Å². The van der Waals surface area contributed by atoms with Gasteiger partial charge in [-0.3, -0.25) is 4.90 Å². The van der Waals surface area contributed by atoms with E-state index in [-0.39, 0.29) is 0 Å². The molecular formula is C17H25N. The Morgan fingerprint density at radius 1 is 0.944 bits per heavy atom. The smallest absolute Gasteiger partial charge is 0.0136 e. The number of benzene rings is 1. The Kier molecular flexibility index (Phi) is 3.99. The molecule has 98 valence electrons. The lowest BCUT2D eigenvalue weighted by molar-refractivity contribution is 0.190. The first kappa shape index (κ1) is 12.2. The van der Waals surface area contributed by atoms with Crippen LogP contribution >= 0.6 is 0 Å². The van der Waals surface area contributed by atoms with Crippen molar-refractivity contribution in [3.05, 3.63) is 35.9 Å². The summed E-state index contributed by atoms with van der Waals surface area (Å²) < 4.78 is 0. The molecule has 1 aliphatic heterocycles. The lowest BCUT2D eigenvalue weighted by Crippen LogP contribution is -2.37. The Balaban J connectivity index is 1.65. The molecule has 1 heteroatoms. The lowest BCUT2D eigenvalue weighted by atomic mass is 10.0. The van der Waals surface area contributed by atoms with Gasteiger partial charge in [-0.15, -0.1) is 0 Å². The van der Waals surface area contributed by atoms with Crippen molar-refractivity contribution in [1.29, 1.82) is 0 Å². The molecule has 1 heterocycles. The van der Waals surface area contributed by atoms with Crippen LogP contribution in [0.2, 0.25) is 0 Å². The van der Waals surface area contributed by atoms with Crippen LogP contribution in [0.25, 0.3) is 0 Å². The monoisotopic (exact) mass is 243 g/mol. The first-order valence-electron chi connectivity index (χ1n) is 7.70. The molecule has 1 saturated carbocycles.